The molecule has 1 rings (SSSR count). The van der Waals surface area contributed by atoms with Crippen LogP contribution in [0.2, 0.25) is 0 Å². The molecule has 0 bridgehead atoms. The molecule has 3 atom stereocenters. The first-order valence-electron chi connectivity index (χ1n) is 7.10. The van der Waals surface area contributed by atoms with Crippen LogP contribution in [0.15, 0.2) is 0 Å². The average Bonchev–Trinajstić information content (AvgIpc) is 2.36. The van der Waals surface area contributed by atoms with Gasteiger partial charge in [0.15, 0.2) is 0 Å². The first-order valence-corrected chi connectivity index (χ1v) is 7.10. The van der Waals surface area contributed by atoms with Crippen molar-refractivity contribution in [2.75, 3.05) is 32.7 Å². The normalized spacial score (nSPS) is 24.6. The van der Waals surface area contributed by atoms with Gasteiger partial charge < -0.3 is 10.4 Å². The minimum absolute atomic E-state index is 0.145. The average molecular weight is 311 g/mol. The largest absolute Gasteiger partial charge is 0.405 e. The summed E-state index contributed by atoms with van der Waals surface area (Å²) in [4.78, 5) is 15.7. The predicted molar refractivity (Wildman–Crippen MR) is 72.8 cm³/mol. The second-order valence-corrected chi connectivity index (χ2v) is 5.70. The molecule has 0 saturated carbocycles. The van der Waals surface area contributed by atoms with Crippen LogP contribution in [0.1, 0.15) is 20.8 Å². The van der Waals surface area contributed by atoms with Gasteiger partial charge in [-0.25, -0.2) is 0 Å². The molecular formula is C13H24F3N3O2. The molecule has 8 heteroatoms. The summed E-state index contributed by atoms with van der Waals surface area (Å²) in [6, 6.07) is -0.449. The molecule has 0 aromatic carbocycles. The highest BCUT2D eigenvalue weighted by molar-refractivity contribution is 5.81. The lowest BCUT2D eigenvalue weighted by molar-refractivity contribution is -0.142. The number of carbonyl (C=O) groups excluding carboxylic acids is 1. The van der Waals surface area contributed by atoms with E-state index in [1.807, 2.05) is 17.1 Å². The van der Waals surface area contributed by atoms with Crippen molar-refractivity contribution in [1.29, 1.82) is 0 Å². The van der Waals surface area contributed by atoms with Crippen molar-refractivity contribution in [1.82, 2.24) is 15.1 Å². The molecule has 1 saturated heterocycles. The Balaban J connectivity index is 2.46. The molecule has 0 aliphatic carbocycles. The zero-order valence-corrected chi connectivity index (χ0v) is 12.7. The van der Waals surface area contributed by atoms with Crippen LogP contribution in [0.4, 0.5) is 13.2 Å². The van der Waals surface area contributed by atoms with E-state index in [0.717, 1.165) is 0 Å². The number of hydrogen-bond donors (Lipinski definition) is 2. The van der Waals surface area contributed by atoms with Crippen molar-refractivity contribution >= 4 is 5.91 Å². The molecule has 1 aliphatic heterocycles. The lowest BCUT2D eigenvalue weighted by Gasteiger charge is -2.42. The van der Waals surface area contributed by atoms with Crippen molar-refractivity contribution in [2.45, 2.75) is 45.1 Å². The topological polar surface area (TPSA) is 55.8 Å². The number of rotatable bonds is 5. The van der Waals surface area contributed by atoms with Crippen LogP contribution < -0.4 is 5.32 Å². The number of nitrogens with zero attached hydrogens (tertiary/aromatic N) is 2. The fraction of sp³-hybridized carbons (Fsp3) is 0.923. The Bertz CT molecular complexity index is 350. The molecule has 5 nitrogen and oxygen atoms in total. The van der Waals surface area contributed by atoms with E-state index >= 15 is 0 Å². The summed E-state index contributed by atoms with van der Waals surface area (Å²) in [5, 5.41) is 11.3. The maximum atomic E-state index is 12.1. The van der Waals surface area contributed by atoms with Gasteiger partial charge in [-0.15, -0.1) is 0 Å². The number of amides is 1. The molecule has 1 heterocycles. The molecule has 0 aromatic heterocycles. The van der Waals surface area contributed by atoms with E-state index < -0.39 is 30.8 Å². The van der Waals surface area contributed by atoms with Crippen molar-refractivity contribution in [3.63, 3.8) is 0 Å². The van der Waals surface area contributed by atoms with Crippen molar-refractivity contribution in [2.24, 2.45) is 0 Å². The second kappa shape index (κ2) is 7.42. The first kappa shape index (κ1) is 18.2. The zero-order valence-electron chi connectivity index (χ0n) is 12.7. The van der Waals surface area contributed by atoms with Crippen LogP contribution in [0, 0.1) is 0 Å². The van der Waals surface area contributed by atoms with E-state index in [1.165, 1.54) is 0 Å². The number of nitrogens with one attached hydrogen (secondary N) is 1. The van der Waals surface area contributed by atoms with Crippen LogP contribution in [0.3, 0.4) is 0 Å². The van der Waals surface area contributed by atoms with Gasteiger partial charge in [0.2, 0.25) is 5.91 Å². The van der Waals surface area contributed by atoms with Crippen LogP contribution in [0.5, 0.6) is 0 Å². The molecule has 1 fully saturated rings. The highest BCUT2D eigenvalue weighted by atomic mass is 19.4. The smallest absolute Gasteiger partial charge is 0.392 e. The Morgan fingerprint density at radius 2 is 2.00 bits per heavy atom. The Morgan fingerprint density at radius 1 is 1.38 bits per heavy atom. The summed E-state index contributed by atoms with van der Waals surface area (Å²) in [5.74, 6) is -0.608. The van der Waals surface area contributed by atoms with E-state index in [1.54, 1.807) is 13.8 Å². The van der Waals surface area contributed by atoms with Gasteiger partial charge in [0.1, 0.15) is 6.54 Å². The molecule has 0 radical (unpaired) electrons. The zero-order chi connectivity index (χ0) is 16.2. The van der Waals surface area contributed by atoms with Gasteiger partial charge in [-0.1, -0.05) is 0 Å². The monoisotopic (exact) mass is 311 g/mol. The number of alkyl halides is 3. The van der Waals surface area contributed by atoms with E-state index in [0.29, 0.717) is 26.2 Å². The Morgan fingerprint density at radius 3 is 2.48 bits per heavy atom. The molecule has 0 unspecified atom stereocenters. The van der Waals surface area contributed by atoms with E-state index in [9.17, 15) is 23.1 Å². The van der Waals surface area contributed by atoms with E-state index in [4.69, 9.17) is 0 Å². The summed E-state index contributed by atoms with van der Waals surface area (Å²) in [6.07, 6.45) is -4.81. The van der Waals surface area contributed by atoms with Crippen LogP contribution in [-0.2, 0) is 4.79 Å². The molecule has 2 N–H and O–H groups in total. The lowest BCUT2D eigenvalue weighted by atomic mass is 10.1. The van der Waals surface area contributed by atoms with E-state index in [2.05, 4.69) is 4.90 Å². The van der Waals surface area contributed by atoms with Gasteiger partial charge in [-0.2, -0.15) is 13.2 Å². The third-order valence-corrected chi connectivity index (χ3v) is 3.69. The number of aliphatic hydroxyl groups excluding tert-OH is 1. The molecule has 0 spiro atoms. The third kappa shape index (κ3) is 6.19. The summed E-state index contributed by atoms with van der Waals surface area (Å²) in [7, 11) is 0. The minimum atomic E-state index is -4.39. The first-order chi connectivity index (χ1) is 9.60. The van der Waals surface area contributed by atoms with Gasteiger partial charge in [0.05, 0.1) is 12.1 Å². The summed E-state index contributed by atoms with van der Waals surface area (Å²) < 4.78 is 36.3. The number of carbonyl (C=O) groups is 1. The number of piperazine rings is 1. The standard InChI is InChI=1S/C13H24F3N3O2/c1-9-6-19(5-4-18(9)7-10(2)20)11(3)12(21)17-8-13(14,15)16/h9-11,20H,4-8H2,1-3H3,(H,17,21)/t9-,10+,11-/m1/s1. The summed E-state index contributed by atoms with van der Waals surface area (Å²) in [6.45, 7) is 6.44. The summed E-state index contributed by atoms with van der Waals surface area (Å²) >= 11 is 0. The van der Waals surface area contributed by atoms with Crippen LogP contribution in [0.25, 0.3) is 0 Å². The molecule has 124 valence electrons. The minimum Gasteiger partial charge on any atom is -0.392 e. The Labute approximate surface area is 123 Å². The molecule has 0 aromatic rings. The van der Waals surface area contributed by atoms with Gasteiger partial charge in [0, 0.05) is 32.2 Å². The lowest BCUT2D eigenvalue weighted by Crippen LogP contribution is -2.58. The Kier molecular flexibility index (Phi) is 6.42. The fourth-order valence-electron chi connectivity index (χ4n) is 2.49. The number of aliphatic hydroxyl groups is 1. The summed E-state index contributed by atoms with van der Waals surface area (Å²) in [5.41, 5.74) is 0. The quantitative estimate of drug-likeness (QED) is 0.774. The van der Waals surface area contributed by atoms with Crippen LogP contribution in [-0.4, -0.2) is 77.9 Å². The van der Waals surface area contributed by atoms with Crippen molar-refractivity contribution in [3.05, 3.63) is 0 Å². The van der Waals surface area contributed by atoms with Crippen LogP contribution >= 0.6 is 0 Å². The van der Waals surface area contributed by atoms with Gasteiger partial charge in [-0.3, -0.25) is 14.6 Å². The maximum absolute atomic E-state index is 12.1. The number of halogens is 3. The third-order valence-electron chi connectivity index (χ3n) is 3.69. The molecule has 1 amide bonds. The highest BCUT2D eigenvalue weighted by Gasteiger charge is 2.32. The number of hydrogen-bond acceptors (Lipinski definition) is 4. The fourth-order valence-corrected chi connectivity index (χ4v) is 2.49. The number of β-amino-alcohol motifs (C(OH)–C–C–N with tert-alkyl or cyclic N) is 1. The van der Waals surface area contributed by atoms with Gasteiger partial charge >= 0.3 is 6.18 Å². The molecule has 1 aliphatic rings. The van der Waals surface area contributed by atoms with Crippen molar-refractivity contribution in [3.8, 4) is 0 Å². The molecular weight excluding hydrogens is 287 g/mol. The SMILES string of the molecule is C[C@H](O)CN1CCN([C@H](C)C(=O)NCC(F)(F)F)C[C@H]1C. The molecule has 21 heavy (non-hydrogen) atoms. The predicted octanol–water partition coefficient (Wildman–Crippen LogP) is 0.440. The van der Waals surface area contributed by atoms with Gasteiger partial charge in [0.25, 0.3) is 0 Å². The highest BCUT2D eigenvalue weighted by Crippen LogP contribution is 2.15. The maximum Gasteiger partial charge on any atom is 0.405 e. The Hall–Kier alpha value is -0.860. The van der Waals surface area contributed by atoms with Crippen molar-refractivity contribution < 1.29 is 23.1 Å². The van der Waals surface area contributed by atoms with Gasteiger partial charge in [-0.05, 0) is 20.8 Å². The second-order valence-electron chi connectivity index (χ2n) is 5.70. The van der Waals surface area contributed by atoms with E-state index in [-0.39, 0.29) is 6.04 Å².